The fourth-order valence-corrected chi connectivity index (χ4v) is 2.34. The number of carbonyl (C=O) groups excluding carboxylic acids is 1. The predicted octanol–water partition coefficient (Wildman–Crippen LogP) is 3.41. The van der Waals surface area contributed by atoms with Crippen LogP contribution in [0.25, 0.3) is 0 Å². The molecule has 0 aliphatic heterocycles. The van der Waals surface area contributed by atoms with Crippen LogP contribution in [-0.4, -0.2) is 17.0 Å². The van der Waals surface area contributed by atoms with Crippen LogP contribution in [0.15, 0.2) is 23.3 Å². The summed E-state index contributed by atoms with van der Waals surface area (Å²) in [6.07, 6.45) is 3.83. The minimum absolute atomic E-state index is 0.272. The topological polar surface area (TPSA) is 37.3 Å². The van der Waals surface area contributed by atoms with Crippen molar-refractivity contribution < 1.29 is 9.90 Å². The van der Waals surface area contributed by atoms with Crippen molar-refractivity contribution in [3.8, 4) is 0 Å². The first kappa shape index (κ1) is 14.2. The SMILES string of the molecule is C=C(C)[C@@H](CC[C@@H](C)O)CC1=C(C)CCC1=O. The molecule has 0 aromatic carbocycles. The zero-order valence-corrected chi connectivity index (χ0v) is 11.3. The van der Waals surface area contributed by atoms with E-state index in [0.29, 0.717) is 18.1 Å². The van der Waals surface area contributed by atoms with Crippen LogP contribution >= 0.6 is 0 Å². The van der Waals surface area contributed by atoms with Crippen molar-refractivity contribution >= 4 is 5.78 Å². The Morgan fingerprint density at radius 2 is 2.06 bits per heavy atom. The number of aliphatic hydroxyl groups excluding tert-OH is 1. The van der Waals surface area contributed by atoms with Gasteiger partial charge in [-0.3, -0.25) is 4.79 Å². The lowest BCUT2D eigenvalue weighted by Gasteiger charge is -2.18. The molecule has 17 heavy (non-hydrogen) atoms. The van der Waals surface area contributed by atoms with E-state index >= 15 is 0 Å². The van der Waals surface area contributed by atoms with E-state index in [1.54, 1.807) is 6.92 Å². The van der Waals surface area contributed by atoms with Gasteiger partial charge in [-0.05, 0) is 57.9 Å². The van der Waals surface area contributed by atoms with E-state index in [-0.39, 0.29) is 6.10 Å². The van der Waals surface area contributed by atoms with Crippen molar-refractivity contribution in [3.63, 3.8) is 0 Å². The molecule has 0 saturated carbocycles. The molecule has 0 bridgehead atoms. The Kier molecular flexibility index (Phi) is 5.13. The molecule has 0 aromatic heterocycles. The molecule has 1 rings (SSSR count). The number of aliphatic hydroxyl groups is 1. The molecule has 0 spiro atoms. The van der Waals surface area contributed by atoms with Gasteiger partial charge in [-0.2, -0.15) is 0 Å². The maximum Gasteiger partial charge on any atom is 0.159 e. The normalized spacial score (nSPS) is 19.6. The quantitative estimate of drug-likeness (QED) is 0.718. The average Bonchev–Trinajstić information content (AvgIpc) is 2.53. The van der Waals surface area contributed by atoms with Gasteiger partial charge in [-0.25, -0.2) is 0 Å². The molecule has 0 unspecified atom stereocenters. The van der Waals surface area contributed by atoms with Crippen LogP contribution in [0.2, 0.25) is 0 Å². The summed E-state index contributed by atoms with van der Waals surface area (Å²) in [6, 6.07) is 0. The second kappa shape index (κ2) is 6.15. The molecule has 0 radical (unpaired) electrons. The number of rotatable bonds is 6. The van der Waals surface area contributed by atoms with Gasteiger partial charge in [0.25, 0.3) is 0 Å². The molecule has 2 heteroatoms. The molecule has 0 saturated heterocycles. The molecule has 0 fully saturated rings. The van der Waals surface area contributed by atoms with Gasteiger partial charge in [0.05, 0.1) is 6.10 Å². The van der Waals surface area contributed by atoms with E-state index in [9.17, 15) is 9.90 Å². The minimum atomic E-state index is -0.272. The van der Waals surface area contributed by atoms with Gasteiger partial charge < -0.3 is 5.11 Å². The Labute approximate surface area is 104 Å². The lowest BCUT2D eigenvalue weighted by molar-refractivity contribution is -0.115. The van der Waals surface area contributed by atoms with Gasteiger partial charge in [0.1, 0.15) is 0 Å². The van der Waals surface area contributed by atoms with Crippen LogP contribution in [0.5, 0.6) is 0 Å². The highest BCUT2D eigenvalue weighted by Gasteiger charge is 2.23. The van der Waals surface area contributed by atoms with Crippen molar-refractivity contribution in [3.05, 3.63) is 23.3 Å². The van der Waals surface area contributed by atoms with Gasteiger partial charge in [0.15, 0.2) is 5.78 Å². The highest BCUT2D eigenvalue weighted by Crippen LogP contribution is 2.31. The number of allylic oxidation sites excluding steroid dienone is 3. The third kappa shape index (κ3) is 4.12. The fraction of sp³-hybridized carbons (Fsp3) is 0.667. The van der Waals surface area contributed by atoms with Crippen molar-refractivity contribution in [1.82, 2.24) is 0 Å². The number of ketones is 1. The molecule has 1 aliphatic carbocycles. The number of hydrogen-bond acceptors (Lipinski definition) is 2. The lowest BCUT2D eigenvalue weighted by atomic mass is 9.87. The molecule has 2 atom stereocenters. The van der Waals surface area contributed by atoms with E-state index < -0.39 is 0 Å². The Morgan fingerprint density at radius 3 is 2.47 bits per heavy atom. The summed E-state index contributed by atoms with van der Waals surface area (Å²) in [5, 5.41) is 9.34. The summed E-state index contributed by atoms with van der Waals surface area (Å²) in [5.41, 5.74) is 3.38. The first-order chi connectivity index (χ1) is 7.91. The maximum atomic E-state index is 11.7. The van der Waals surface area contributed by atoms with Crippen LogP contribution in [0, 0.1) is 5.92 Å². The molecule has 0 amide bonds. The summed E-state index contributed by atoms with van der Waals surface area (Å²) >= 11 is 0. The largest absolute Gasteiger partial charge is 0.393 e. The molecule has 1 N–H and O–H groups in total. The highest BCUT2D eigenvalue weighted by molar-refractivity contribution is 5.98. The van der Waals surface area contributed by atoms with Crippen molar-refractivity contribution in [2.45, 2.75) is 59.0 Å². The monoisotopic (exact) mass is 236 g/mol. The van der Waals surface area contributed by atoms with Crippen LogP contribution in [0.3, 0.4) is 0 Å². The van der Waals surface area contributed by atoms with E-state index in [1.165, 1.54) is 5.57 Å². The summed E-state index contributed by atoms with van der Waals surface area (Å²) in [5.74, 6) is 0.641. The first-order valence-corrected chi connectivity index (χ1v) is 6.47. The molecular formula is C15H24O2. The van der Waals surface area contributed by atoms with E-state index in [4.69, 9.17) is 0 Å². The second-order valence-corrected chi connectivity index (χ2v) is 5.36. The smallest absolute Gasteiger partial charge is 0.159 e. The Hall–Kier alpha value is -0.890. The van der Waals surface area contributed by atoms with Gasteiger partial charge in [0.2, 0.25) is 0 Å². The zero-order chi connectivity index (χ0) is 13.0. The number of hydrogen-bond donors (Lipinski definition) is 1. The van der Waals surface area contributed by atoms with Crippen LogP contribution in [0.4, 0.5) is 0 Å². The Balaban J connectivity index is 2.64. The summed E-state index contributed by atoms with van der Waals surface area (Å²) in [6.45, 7) is 9.89. The van der Waals surface area contributed by atoms with Crippen LogP contribution in [-0.2, 0) is 4.79 Å². The zero-order valence-electron chi connectivity index (χ0n) is 11.3. The minimum Gasteiger partial charge on any atom is -0.393 e. The average molecular weight is 236 g/mol. The standard InChI is InChI=1S/C15H24O2/c1-10(2)13(7-6-12(4)16)9-14-11(3)5-8-15(14)17/h12-13,16H,1,5-9H2,2-4H3/t12-,13+/m1/s1. The molecule has 96 valence electrons. The fourth-order valence-electron chi connectivity index (χ4n) is 2.34. The Bertz CT molecular complexity index is 337. The molecular weight excluding hydrogens is 212 g/mol. The van der Waals surface area contributed by atoms with Crippen LogP contribution < -0.4 is 0 Å². The third-order valence-corrected chi connectivity index (χ3v) is 3.66. The molecule has 2 nitrogen and oxygen atoms in total. The number of carbonyl (C=O) groups is 1. The molecule has 0 aromatic rings. The lowest BCUT2D eigenvalue weighted by Crippen LogP contribution is -2.10. The third-order valence-electron chi connectivity index (χ3n) is 3.66. The Morgan fingerprint density at radius 1 is 1.41 bits per heavy atom. The van der Waals surface area contributed by atoms with E-state index in [0.717, 1.165) is 36.8 Å². The van der Waals surface area contributed by atoms with Gasteiger partial charge in [-0.1, -0.05) is 17.7 Å². The van der Waals surface area contributed by atoms with Crippen molar-refractivity contribution in [1.29, 1.82) is 0 Å². The van der Waals surface area contributed by atoms with E-state index in [1.807, 2.05) is 6.92 Å². The van der Waals surface area contributed by atoms with Gasteiger partial charge in [0, 0.05) is 6.42 Å². The summed E-state index contributed by atoms with van der Waals surface area (Å²) in [7, 11) is 0. The molecule has 1 aliphatic rings. The van der Waals surface area contributed by atoms with Crippen molar-refractivity contribution in [2.75, 3.05) is 0 Å². The summed E-state index contributed by atoms with van der Waals surface area (Å²) < 4.78 is 0. The first-order valence-electron chi connectivity index (χ1n) is 6.47. The van der Waals surface area contributed by atoms with Crippen LogP contribution in [0.1, 0.15) is 52.9 Å². The van der Waals surface area contributed by atoms with E-state index in [2.05, 4.69) is 13.5 Å². The number of Topliss-reactive ketones (excluding diaryl/α,β-unsaturated/α-hetero) is 1. The second-order valence-electron chi connectivity index (χ2n) is 5.36. The maximum absolute atomic E-state index is 11.7. The predicted molar refractivity (Wildman–Crippen MR) is 70.8 cm³/mol. The van der Waals surface area contributed by atoms with Crippen molar-refractivity contribution in [2.24, 2.45) is 5.92 Å². The van der Waals surface area contributed by atoms with Gasteiger partial charge >= 0.3 is 0 Å². The highest BCUT2D eigenvalue weighted by atomic mass is 16.3. The summed E-state index contributed by atoms with van der Waals surface area (Å²) in [4.78, 5) is 11.7. The van der Waals surface area contributed by atoms with Gasteiger partial charge in [-0.15, -0.1) is 0 Å². The molecule has 0 heterocycles.